The van der Waals surface area contributed by atoms with Crippen LogP contribution in [0.15, 0.2) is 4.42 Å². The molecule has 106 valence electrons. The molecule has 5 nitrogen and oxygen atoms in total. The third kappa shape index (κ3) is 3.59. The van der Waals surface area contributed by atoms with Crippen LogP contribution < -0.4 is 9.47 Å². The van der Waals surface area contributed by atoms with Crippen molar-refractivity contribution >= 4 is 11.9 Å². The Morgan fingerprint density at radius 1 is 0.842 bits per heavy atom. The summed E-state index contributed by atoms with van der Waals surface area (Å²) in [4.78, 5) is 22.4. The molecule has 1 aromatic heterocycles. The Bertz CT molecular complexity index is 440. The molecule has 0 aliphatic heterocycles. The SMILES string of the molecule is CC(=O)Oc1c(C(C)C)oc(C(C)C)c1OC(C)=O. The molecule has 0 aliphatic rings. The summed E-state index contributed by atoms with van der Waals surface area (Å²) in [7, 11) is 0. The summed E-state index contributed by atoms with van der Waals surface area (Å²) < 4.78 is 16.0. The van der Waals surface area contributed by atoms with Gasteiger partial charge in [-0.05, 0) is 0 Å². The van der Waals surface area contributed by atoms with Crippen molar-refractivity contribution < 1.29 is 23.5 Å². The number of esters is 2. The Balaban J connectivity index is 3.41. The van der Waals surface area contributed by atoms with E-state index in [-0.39, 0.29) is 23.3 Å². The van der Waals surface area contributed by atoms with Gasteiger partial charge in [-0.3, -0.25) is 9.59 Å². The van der Waals surface area contributed by atoms with E-state index in [1.165, 1.54) is 13.8 Å². The van der Waals surface area contributed by atoms with Gasteiger partial charge in [0.1, 0.15) is 0 Å². The summed E-state index contributed by atoms with van der Waals surface area (Å²) in [5, 5.41) is 0. The van der Waals surface area contributed by atoms with E-state index in [4.69, 9.17) is 13.9 Å². The van der Waals surface area contributed by atoms with Crippen molar-refractivity contribution in [2.24, 2.45) is 0 Å². The van der Waals surface area contributed by atoms with E-state index in [0.29, 0.717) is 11.5 Å². The smallest absolute Gasteiger partial charge is 0.308 e. The molecule has 5 heteroatoms. The van der Waals surface area contributed by atoms with Gasteiger partial charge in [-0.2, -0.15) is 0 Å². The number of carbonyl (C=O) groups is 2. The van der Waals surface area contributed by atoms with Crippen LogP contribution in [0.4, 0.5) is 0 Å². The minimum absolute atomic E-state index is 0.0103. The van der Waals surface area contributed by atoms with E-state index in [2.05, 4.69) is 0 Å². The van der Waals surface area contributed by atoms with Crippen LogP contribution in [-0.2, 0) is 9.59 Å². The Hall–Kier alpha value is -1.78. The van der Waals surface area contributed by atoms with Crippen LogP contribution in [0.1, 0.15) is 64.9 Å². The maximum absolute atomic E-state index is 11.2. The lowest BCUT2D eigenvalue weighted by Gasteiger charge is -2.07. The molecule has 0 spiro atoms. The second-order valence-corrected chi connectivity index (χ2v) is 4.99. The maximum Gasteiger partial charge on any atom is 0.308 e. The molecule has 1 aromatic rings. The average Bonchev–Trinajstić information content (AvgIpc) is 2.56. The molecule has 0 saturated heterocycles. The van der Waals surface area contributed by atoms with Crippen LogP contribution in [0.2, 0.25) is 0 Å². The third-order valence-corrected chi connectivity index (χ3v) is 2.41. The highest BCUT2D eigenvalue weighted by Gasteiger charge is 2.28. The zero-order chi connectivity index (χ0) is 14.7. The van der Waals surface area contributed by atoms with Crippen LogP contribution in [0.5, 0.6) is 11.5 Å². The predicted molar refractivity (Wildman–Crippen MR) is 69.5 cm³/mol. The van der Waals surface area contributed by atoms with Gasteiger partial charge >= 0.3 is 11.9 Å². The monoisotopic (exact) mass is 268 g/mol. The summed E-state index contributed by atoms with van der Waals surface area (Å²) in [6.45, 7) is 10.2. The average molecular weight is 268 g/mol. The minimum atomic E-state index is -0.480. The lowest BCUT2D eigenvalue weighted by Crippen LogP contribution is -2.08. The summed E-state index contributed by atoms with van der Waals surface area (Å²) in [6.07, 6.45) is 0. The molecule has 0 bridgehead atoms. The largest absolute Gasteiger partial charge is 0.457 e. The van der Waals surface area contributed by atoms with Crippen molar-refractivity contribution in [2.45, 2.75) is 53.4 Å². The summed E-state index contributed by atoms with van der Waals surface area (Å²) in [5.74, 6) is 0.498. The Kier molecular flexibility index (Phi) is 4.75. The Morgan fingerprint density at radius 3 is 1.37 bits per heavy atom. The van der Waals surface area contributed by atoms with E-state index in [1.54, 1.807) is 0 Å². The van der Waals surface area contributed by atoms with Gasteiger partial charge in [0.25, 0.3) is 0 Å². The number of ether oxygens (including phenoxy) is 2. The topological polar surface area (TPSA) is 65.7 Å². The highest BCUT2D eigenvalue weighted by molar-refractivity contribution is 5.75. The number of furan rings is 1. The molecule has 0 N–H and O–H groups in total. The Labute approximate surface area is 112 Å². The van der Waals surface area contributed by atoms with Crippen molar-refractivity contribution in [1.82, 2.24) is 0 Å². The fourth-order valence-electron chi connectivity index (χ4n) is 1.68. The first-order valence-corrected chi connectivity index (χ1v) is 6.27. The highest BCUT2D eigenvalue weighted by Crippen LogP contribution is 2.44. The van der Waals surface area contributed by atoms with Crippen LogP contribution in [0, 0.1) is 0 Å². The molecule has 19 heavy (non-hydrogen) atoms. The van der Waals surface area contributed by atoms with Gasteiger partial charge in [-0.1, -0.05) is 27.7 Å². The van der Waals surface area contributed by atoms with Gasteiger partial charge in [0, 0.05) is 25.7 Å². The normalized spacial score (nSPS) is 10.9. The van der Waals surface area contributed by atoms with Crippen molar-refractivity contribution in [2.75, 3.05) is 0 Å². The van der Waals surface area contributed by atoms with Crippen molar-refractivity contribution in [1.29, 1.82) is 0 Å². The molecule has 1 heterocycles. The van der Waals surface area contributed by atoms with Crippen molar-refractivity contribution in [3.8, 4) is 11.5 Å². The number of hydrogen-bond donors (Lipinski definition) is 0. The second kappa shape index (κ2) is 5.91. The standard InChI is InChI=1S/C14H20O5/c1-7(2)11-13(17-9(5)15)14(18-10(6)16)12(19-11)8(3)4/h7-8H,1-6H3. The number of carbonyl (C=O) groups excluding carboxylic acids is 2. The molecule has 0 aromatic carbocycles. The van der Waals surface area contributed by atoms with E-state index < -0.39 is 11.9 Å². The highest BCUT2D eigenvalue weighted by atomic mass is 16.6. The molecule has 0 saturated carbocycles. The minimum Gasteiger partial charge on any atom is -0.457 e. The second-order valence-electron chi connectivity index (χ2n) is 4.99. The Morgan fingerprint density at radius 2 is 1.16 bits per heavy atom. The van der Waals surface area contributed by atoms with Crippen molar-refractivity contribution in [3.63, 3.8) is 0 Å². The van der Waals surface area contributed by atoms with Crippen molar-refractivity contribution in [3.05, 3.63) is 11.5 Å². The molecule has 0 amide bonds. The molecule has 1 rings (SSSR count). The number of rotatable bonds is 4. The first-order valence-electron chi connectivity index (χ1n) is 6.27. The zero-order valence-corrected chi connectivity index (χ0v) is 12.2. The van der Waals surface area contributed by atoms with E-state index in [9.17, 15) is 9.59 Å². The van der Waals surface area contributed by atoms with Gasteiger partial charge in [0.05, 0.1) is 0 Å². The van der Waals surface area contributed by atoms with Gasteiger partial charge < -0.3 is 13.9 Å². The fraction of sp³-hybridized carbons (Fsp3) is 0.571. The van der Waals surface area contributed by atoms with Gasteiger partial charge in [0.2, 0.25) is 11.5 Å². The van der Waals surface area contributed by atoms with Crippen LogP contribution in [0.3, 0.4) is 0 Å². The molecule has 0 aliphatic carbocycles. The van der Waals surface area contributed by atoms with Gasteiger partial charge in [-0.15, -0.1) is 0 Å². The number of hydrogen-bond acceptors (Lipinski definition) is 5. The molecule has 0 atom stereocenters. The van der Waals surface area contributed by atoms with Gasteiger partial charge in [-0.25, -0.2) is 0 Å². The quantitative estimate of drug-likeness (QED) is 0.783. The lowest BCUT2D eigenvalue weighted by molar-refractivity contribution is -0.134. The van der Waals surface area contributed by atoms with Crippen LogP contribution >= 0.6 is 0 Å². The van der Waals surface area contributed by atoms with E-state index in [0.717, 1.165) is 0 Å². The zero-order valence-electron chi connectivity index (χ0n) is 12.2. The van der Waals surface area contributed by atoms with E-state index >= 15 is 0 Å². The summed E-state index contributed by atoms with van der Waals surface area (Å²) >= 11 is 0. The van der Waals surface area contributed by atoms with Crippen LogP contribution in [0.25, 0.3) is 0 Å². The first-order chi connectivity index (χ1) is 8.73. The molecule has 0 unspecified atom stereocenters. The molecule has 0 fully saturated rings. The third-order valence-electron chi connectivity index (χ3n) is 2.41. The fourth-order valence-corrected chi connectivity index (χ4v) is 1.68. The molecule has 0 radical (unpaired) electrons. The molecular weight excluding hydrogens is 248 g/mol. The summed E-state index contributed by atoms with van der Waals surface area (Å²) in [6, 6.07) is 0. The van der Waals surface area contributed by atoms with Gasteiger partial charge in [0.15, 0.2) is 11.5 Å². The molecular formula is C14H20O5. The summed E-state index contributed by atoms with van der Waals surface area (Å²) in [5.41, 5.74) is 0. The predicted octanol–water partition coefficient (Wildman–Crippen LogP) is 3.38. The lowest BCUT2D eigenvalue weighted by atomic mass is 10.1. The van der Waals surface area contributed by atoms with E-state index in [1.807, 2.05) is 27.7 Å². The first kappa shape index (κ1) is 15.3. The maximum atomic E-state index is 11.2. The van der Waals surface area contributed by atoms with Crippen LogP contribution in [-0.4, -0.2) is 11.9 Å².